The lowest BCUT2D eigenvalue weighted by Gasteiger charge is -2.08. The van der Waals surface area contributed by atoms with E-state index < -0.39 is 0 Å². The molecule has 0 radical (unpaired) electrons. The van der Waals surface area contributed by atoms with Gasteiger partial charge in [0, 0.05) is 18.9 Å². The smallest absolute Gasteiger partial charge is 0.235 e. The molecule has 26 heavy (non-hydrogen) atoms. The number of anilines is 2. The minimum Gasteiger partial charge on any atom is -0.363 e. The van der Waals surface area contributed by atoms with Gasteiger partial charge in [-0.2, -0.15) is 0 Å². The summed E-state index contributed by atoms with van der Waals surface area (Å²) in [4.78, 5) is 15.0. The summed E-state index contributed by atoms with van der Waals surface area (Å²) >= 11 is 0. The Morgan fingerprint density at radius 1 is 1.00 bits per heavy atom. The van der Waals surface area contributed by atoms with Crippen molar-refractivity contribution in [3.8, 4) is 11.1 Å². The maximum atomic E-state index is 10.6. The zero-order valence-electron chi connectivity index (χ0n) is 13.8. The molecule has 4 rings (SSSR count). The van der Waals surface area contributed by atoms with E-state index in [2.05, 4.69) is 56.1 Å². The fourth-order valence-corrected chi connectivity index (χ4v) is 2.78. The zero-order chi connectivity index (χ0) is 17.8. The molecular weight excluding hydrogens is 328 g/mol. The predicted molar refractivity (Wildman–Crippen MR) is 99.7 cm³/mol. The summed E-state index contributed by atoms with van der Waals surface area (Å²) in [5.41, 5.74) is 4.02. The first-order chi connectivity index (χ1) is 12.8. The van der Waals surface area contributed by atoms with Gasteiger partial charge in [-0.1, -0.05) is 48.5 Å². The molecular formula is C19H16N6O. The molecule has 4 aromatic rings. The summed E-state index contributed by atoms with van der Waals surface area (Å²) in [6, 6.07) is 18.6. The average Bonchev–Trinajstić information content (AvgIpc) is 3.11. The van der Waals surface area contributed by atoms with Gasteiger partial charge in [-0.3, -0.25) is 14.5 Å². The summed E-state index contributed by atoms with van der Waals surface area (Å²) in [5.74, 6) is 0.954. The Kier molecular flexibility index (Phi) is 4.26. The Labute approximate surface area is 149 Å². The molecule has 0 aliphatic heterocycles. The van der Waals surface area contributed by atoms with Crippen molar-refractivity contribution in [1.82, 2.24) is 19.6 Å². The molecule has 2 heterocycles. The van der Waals surface area contributed by atoms with Crippen LogP contribution < -0.4 is 10.6 Å². The highest BCUT2D eigenvalue weighted by molar-refractivity contribution is 5.71. The highest BCUT2D eigenvalue weighted by Crippen LogP contribution is 2.21. The lowest BCUT2D eigenvalue weighted by atomic mass is 10.0. The van der Waals surface area contributed by atoms with E-state index in [0.717, 1.165) is 11.1 Å². The molecule has 0 bridgehead atoms. The summed E-state index contributed by atoms with van der Waals surface area (Å²) in [6.07, 6.45) is 3.90. The van der Waals surface area contributed by atoms with E-state index in [9.17, 15) is 4.79 Å². The van der Waals surface area contributed by atoms with Gasteiger partial charge in [0.05, 0.1) is 0 Å². The first-order valence-corrected chi connectivity index (χ1v) is 8.13. The van der Waals surface area contributed by atoms with Gasteiger partial charge < -0.3 is 5.32 Å². The number of aromatic nitrogens is 4. The lowest BCUT2D eigenvalue weighted by Crippen LogP contribution is -2.05. The van der Waals surface area contributed by atoms with Crippen LogP contribution in [0.2, 0.25) is 0 Å². The van der Waals surface area contributed by atoms with Crippen LogP contribution in [0.5, 0.6) is 0 Å². The molecule has 0 aliphatic carbocycles. The van der Waals surface area contributed by atoms with E-state index in [4.69, 9.17) is 0 Å². The summed E-state index contributed by atoms with van der Waals surface area (Å²) < 4.78 is 1.67. The first-order valence-electron chi connectivity index (χ1n) is 8.13. The van der Waals surface area contributed by atoms with Crippen LogP contribution in [0.4, 0.5) is 11.8 Å². The molecule has 7 heteroatoms. The van der Waals surface area contributed by atoms with E-state index in [1.54, 1.807) is 16.8 Å². The minimum absolute atomic E-state index is 0.353. The number of carbonyl (C=O) groups excluding carboxylic acids is 1. The fraction of sp³-hybridized carbons (Fsp3) is 0.0526. The number of hydrogen-bond acceptors (Lipinski definition) is 5. The summed E-state index contributed by atoms with van der Waals surface area (Å²) in [5, 5.41) is 13.8. The van der Waals surface area contributed by atoms with Gasteiger partial charge in [0.15, 0.2) is 5.82 Å². The first kappa shape index (κ1) is 15.8. The molecule has 0 atom stereocenters. The monoisotopic (exact) mass is 344 g/mol. The number of carbonyl (C=O) groups is 1. The Bertz CT molecular complexity index is 1040. The van der Waals surface area contributed by atoms with Crippen LogP contribution >= 0.6 is 0 Å². The largest absolute Gasteiger partial charge is 0.363 e. The average molecular weight is 344 g/mol. The van der Waals surface area contributed by atoms with Crippen LogP contribution in [0, 0.1) is 0 Å². The zero-order valence-corrected chi connectivity index (χ0v) is 13.8. The van der Waals surface area contributed by atoms with Gasteiger partial charge in [-0.25, -0.2) is 4.98 Å². The van der Waals surface area contributed by atoms with Crippen molar-refractivity contribution in [2.45, 2.75) is 6.54 Å². The second kappa shape index (κ2) is 7.02. The summed E-state index contributed by atoms with van der Waals surface area (Å²) in [6.45, 7) is 0.594. The van der Waals surface area contributed by atoms with E-state index in [1.165, 1.54) is 5.56 Å². The third-order valence-electron chi connectivity index (χ3n) is 4.01. The predicted octanol–water partition coefficient (Wildman–Crippen LogP) is 2.97. The molecule has 128 valence electrons. The van der Waals surface area contributed by atoms with Gasteiger partial charge in [-0.15, -0.1) is 10.2 Å². The van der Waals surface area contributed by atoms with Gasteiger partial charge in [0.25, 0.3) is 0 Å². The maximum absolute atomic E-state index is 10.6. The molecule has 2 aromatic heterocycles. The quantitative estimate of drug-likeness (QED) is 0.525. The summed E-state index contributed by atoms with van der Waals surface area (Å²) in [7, 11) is 0. The molecule has 0 unspecified atom stereocenters. The Hall–Kier alpha value is -3.74. The van der Waals surface area contributed by atoms with Crippen molar-refractivity contribution in [2.75, 3.05) is 10.6 Å². The number of amides is 1. The Morgan fingerprint density at radius 3 is 2.69 bits per heavy atom. The van der Waals surface area contributed by atoms with Crippen LogP contribution in [-0.4, -0.2) is 26.0 Å². The molecule has 1 amide bonds. The van der Waals surface area contributed by atoms with E-state index in [-0.39, 0.29) is 0 Å². The van der Waals surface area contributed by atoms with Crippen molar-refractivity contribution in [3.05, 3.63) is 72.6 Å². The second-order valence-corrected chi connectivity index (χ2v) is 5.68. The molecule has 2 N–H and O–H groups in total. The van der Waals surface area contributed by atoms with Crippen LogP contribution in [0.3, 0.4) is 0 Å². The number of hydrogen-bond donors (Lipinski definition) is 2. The highest BCUT2D eigenvalue weighted by atomic mass is 16.1. The molecule has 7 nitrogen and oxygen atoms in total. The van der Waals surface area contributed by atoms with Gasteiger partial charge in [0.2, 0.25) is 18.0 Å². The standard InChI is InChI=1S/C19H16N6O/c26-13-22-19-24-23-18-17(20-9-10-25(18)19)21-12-14-5-4-8-16(11-14)15-6-2-1-3-7-15/h1-11,13H,12H2,(H,20,21)(H,22,24,26). The van der Waals surface area contributed by atoms with E-state index in [0.29, 0.717) is 30.4 Å². The van der Waals surface area contributed by atoms with Gasteiger partial charge in [0.1, 0.15) is 0 Å². The molecule has 0 fully saturated rings. The van der Waals surface area contributed by atoms with E-state index in [1.807, 2.05) is 24.3 Å². The third-order valence-corrected chi connectivity index (χ3v) is 4.01. The van der Waals surface area contributed by atoms with Gasteiger partial charge >= 0.3 is 0 Å². The Morgan fingerprint density at radius 2 is 1.85 bits per heavy atom. The van der Waals surface area contributed by atoms with Crippen molar-refractivity contribution in [3.63, 3.8) is 0 Å². The Balaban J connectivity index is 1.56. The number of fused-ring (bicyclic) bond motifs is 1. The topological polar surface area (TPSA) is 84.2 Å². The minimum atomic E-state index is 0.353. The SMILES string of the molecule is O=CNc1nnc2c(NCc3cccc(-c4ccccc4)c3)nccn12. The second-order valence-electron chi connectivity index (χ2n) is 5.68. The molecule has 2 aromatic carbocycles. The van der Waals surface area contributed by atoms with Crippen molar-refractivity contribution >= 4 is 23.8 Å². The van der Waals surface area contributed by atoms with Gasteiger partial charge in [-0.05, 0) is 22.8 Å². The lowest BCUT2D eigenvalue weighted by molar-refractivity contribution is -0.105. The number of nitrogens with one attached hydrogen (secondary N) is 2. The van der Waals surface area contributed by atoms with E-state index >= 15 is 0 Å². The van der Waals surface area contributed by atoms with Crippen molar-refractivity contribution in [2.24, 2.45) is 0 Å². The van der Waals surface area contributed by atoms with Crippen molar-refractivity contribution in [1.29, 1.82) is 0 Å². The molecule has 0 aliphatic rings. The third kappa shape index (κ3) is 3.10. The van der Waals surface area contributed by atoms with Crippen LogP contribution in [0.25, 0.3) is 16.8 Å². The normalized spacial score (nSPS) is 10.6. The fourth-order valence-electron chi connectivity index (χ4n) is 2.78. The highest BCUT2D eigenvalue weighted by Gasteiger charge is 2.09. The number of benzene rings is 2. The number of rotatable bonds is 6. The maximum Gasteiger partial charge on any atom is 0.235 e. The molecule has 0 saturated heterocycles. The van der Waals surface area contributed by atoms with Crippen LogP contribution in [0.1, 0.15) is 5.56 Å². The number of nitrogens with zero attached hydrogens (tertiary/aromatic N) is 4. The molecule has 0 spiro atoms. The van der Waals surface area contributed by atoms with Crippen LogP contribution in [0.15, 0.2) is 67.0 Å². The molecule has 0 saturated carbocycles. The van der Waals surface area contributed by atoms with Crippen molar-refractivity contribution < 1.29 is 4.79 Å². The van der Waals surface area contributed by atoms with Crippen LogP contribution in [-0.2, 0) is 11.3 Å².